The normalized spacial score (nSPS) is 19.1. The fourth-order valence-electron chi connectivity index (χ4n) is 2.41. The van der Waals surface area contributed by atoms with E-state index in [-0.39, 0.29) is 12.1 Å². The van der Waals surface area contributed by atoms with Gasteiger partial charge < -0.3 is 10.5 Å². The quantitative estimate of drug-likeness (QED) is 0.656. The van der Waals surface area contributed by atoms with E-state index in [0.717, 1.165) is 30.2 Å². The van der Waals surface area contributed by atoms with Crippen LogP contribution in [-0.2, 0) is 4.74 Å². The van der Waals surface area contributed by atoms with Crippen molar-refractivity contribution in [2.75, 3.05) is 5.73 Å². The molecule has 1 saturated carbocycles. The lowest BCUT2D eigenvalue weighted by molar-refractivity contribution is 0.00962. The van der Waals surface area contributed by atoms with E-state index in [1.54, 1.807) is 12.1 Å². The van der Waals surface area contributed by atoms with Crippen LogP contribution in [0.1, 0.15) is 49.9 Å². The maximum Gasteiger partial charge on any atom is 0.340 e. The van der Waals surface area contributed by atoms with Gasteiger partial charge in [0.2, 0.25) is 0 Å². The number of anilines is 1. The summed E-state index contributed by atoms with van der Waals surface area (Å²) in [6, 6.07) is 5.24. The van der Waals surface area contributed by atoms with Gasteiger partial charge in [-0.2, -0.15) is 0 Å². The third-order valence-corrected chi connectivity index (χ3v) is 4.29. The van der Waals surface area contributed by atoms with Gasteiger partial charge >= 0.3 is 5.97 Å². The van der Waals surface area contributed by atoms with Crippen LogP contribution >= 0.6 is 15.9 Å². The first-order valence-electron chi connectivity index (χ1n) is 6.63. The summed E-state index contributed by atoms with van der Waals surface area (Å²) in [7, 11) is 0. The van der Waals surface area contributed by atoms with Crippen LogP contribution in [0.4, 0.5) is 5.69 Å². The molecule has 2 N–H and O–H groups in total. The zero-order valence-electron chi connectivity index (χ0n) is 11.4. The highest BCUT2D eigenvalue weighted by molar-refractivity contribution is 9.10. The Kier molecular flexibility index (Phi) is 4.19. The smallest absolute Gasteiger partial charge is 0.340 e. The number of halogens is 1. The molecule has 19 heavy (non-hydrogen) atoms. The second-order valence-electron chi connectivity index (χ2n) is 6.00. The predicted octanol–water partition coefficient (Wildman–Crippen LogP) is 4.16. The number of ether oxygens (including phenoxy) is 1. The second-order valence-corrected chi connectivity index (χ2v) is 6.92. The first-order valence-corrected chi connectivity index (χ1v) is 7.43. The minimum atomic E-state index is -0.316. The van der Waals surface area contributed by atoms with Gasteiger partial charge in [-0.1, -0.05) is 29.8 Å². The Hall–Kier alpha value is -1.03. The number of nitrogen functional groups attached to an aromatic ring is 1. The number of carbonyl (C=O) groups is 1. The van der Waals surface area contributed by atoms with E-state index in [1.807, 2.05) is 6.07 Å². The van der Waals surface area contributed by atoms with Crippen molar-refractivity contribution in [3.8, 4) is 0 Å². The van der Waals surface area contributed by atoms with Crippen LogP contribution in [0.2, 0.25) is 0 Å². The topological polar surface area (TPSA) is 52.3 Å². The summed E-state index contributed by atoms with van der Waals surface area (Å²) in [5, 5.41) is 0. The van der Waals surface area contributed by atoms with Gasteiger partial charge in [0, 0.05) is 10.2 Å². The molecule has 0 heterocycles. The lowest BCUT2D eigenvalue weighted by atomic mass is 9.76. The van der Waals surface area contributed by atoms with Gasteiger partial charge in [-0.15, -0.1) is 0 Å². The molecule has 1 fully saturated rings. The first kappa shape index (κ1) is 14.4. The molecule has 104 valence electrons. The Morgan fingerprint density at radius 3 is 2.63 bits per heavy atom. The van der Waals surface area contributed by atoms with Crippen molar-refractivity contribution < 1.29 is 9.53 Å². The Morgan fingerprint density at radius 1 is 1.37 bits per heavy atom. The SMILES string of the molecule is CC1(C)CCC(OC(=O)c2cc(Br)ccc2N)CC1. The third kappa shape index (κ3) is 3.72. The molecule has 1 aromatic carbocycles. The molecule has 0 bridgehead atoms. The standard InChI is InChI=1S/C15H20BrNO2/c1-15(2)7-5-11(6-8-15)19-14(18)12-9-10(16)3-4-13(12)17/h3-4,9,11H,5-8,17H2,1-2H3. The summed E-state index contributed by atoms with van der Waals surface area (Å²) in [6.45, 7) is 4.52. The number of benzene rings is 1. The fourth-order valence-corrected chi connectivity index (χ4v) is 2.77. The molecule has 1 aliphatic rings. The minimum Gasteiger partial charge on any atom is -0.459 e. The molecule has 0 aliphatic heterocycles. The van der Waals surface area contributed by atoms with Crippen LogP contribution in [0.15, 0.2) is 22.7 Å². The number of esters is 1. The third-order valence-electron chi connectivity index (χ3n) is 3.80. The molecular formula is C15H20BrNO2. The van der Waals surface area contributed by atoms with Crippen molar-refractivity contribution in [2.24, 2.45) is 5.41 Å². The van der Waals surface area contributed by atoms with Gasteiger partial charge in [0.15, 0.2) is 0 Å². The molecule has 0 atom stereocenters. The number of hydrogen-bond donors (Lipinski definition) is 1. The van der Waals surface area contributed by atoms with E-state index >= 15 is 0 Å². The van der Waals surface area contributed by atoms with Crippen LogP contribution in [0.3, 0.4) is 0 Å². The average molecular weight is 326 g/mol. The van der Waals surface area contributed by atoms with Gasteiger partial charge in [-0.05, 0) is 49.3 Å². The lowest BCUT2D eigenvalue weighted by Gasteiger charge is -2.33. The summed E-state index contributed by atoms with van der Waals surface area (Å²) >= 11 is 3.34. The van der Waals surface area contributed by atoms with Crippen molar-refractivity contribution in [3.63, 3.8) is 0 Å². The van der Waals surface area contributed by atoms with Crippen molar-refractivity contribution >= 4 is 27.6 Å². The molecule has 0 saturated heterocycles. The molecule has 1 aliphatic carbocycles. The van der Waals surface area contributed by atoms with E-state index < -0.39 is 0 Å². The van der Waals surface area contributed by atoms with Crippen molar-refractivity contribution in [1.82, 2.24) is 0 Å². The van der Waals surface area contributed by atoms with Crippen LogP contribution < -0.4 is 5.73 Å². The first-order chi connectivity index (χ1) is 8.87. The van der Waals surface area contributed by atoms with E-state index in [9.17, 15) is 4.79 Å². The Balaban J connectivity index is 2.00. The maximum atomic E-state index is 12.1. The highest BCUT2D eigenvalue weighted by Gasteiger charge is 2.29. The Morgan fingerprint density at radius 2 is 2.00 bits per heavy atom. The van der Waals surface area contributed by atoms with Crippen LogP contribution in [-0.4, -0.2) is 12.1 Å². The second kappa shape index (κ2) is 5.53. The van der Waals surface area contributed by atoms with Gasteiger partial charge in [0.05, 0.1) is 5.56 Å². The summed E-state index contributed by atoms with van der Waals surface area (Å²) in [4.78, 5) is 12.1. The summed E-state index contributed by atoms with van der Waals surface area (Å²) in [6.07, 6.45) is 4.09. The lowest BCUT2D eigenvalue weighted by Crippen LogP contribution is -2.28. The number of carbonyl (C=O) groups excluding carboxylic acids is 1. The number of nitrogens with two attached hydrogens (primary N) is 1. The number of hydrogen-bond acceptors (Lipinski definition) is 3. The monoisotopic (exact) mass is 325 g/mol. The van der Waals surface area contributed by atoms with Crippen LogP contribution in [0, 0.1) is 5.41 Å². The van der Waals surface area contributed by atoms with E-state index in [4.69, 9.17) is 10.5 Å². The molecule has 2 rings (SSSR count). The summed E-state index contributed by atoms with van der Waals surface area (Å²) in [5.74, 6) is -0.316. The van der Waals surface area contributed by atoms with Gasteiger partial charge in [0.1, 0.15) is 6.10 Å². The van der Waals surface area contributed by atoms with Crippen molar-refractivity contribution in [3.05, 3.63) is 28.2 Å². The Bertz CT molecular complexity index is 475. The predicted molar refractivity (Wildman–Crippen MR) is 80.0 cm³/mol. The highest BCUT2D eigenvalue weighted by Crippen LogP contribution is 2.36. The molecule has 0 radical (unpaired) electrons. The van der Waals surface area contributed by atoms with E-state index in [0.29, 0.717) is 16.7 Å². The molecule has 0 unspecified atom stereocenters. The minimum absolute atomic E-state index is 0.0268. The largest absolute Gasteiger partial charge is 0.459 e. The molecule has 4 heteroatoms. The van der Waals surface area contributed by atoms with Crippen molar-refractivity contribution in [1.29, 1.82) is 0 Å². The average Bonchev–Trinajstić information content (AvgIpc) is 2.35. The highest BCUT2D eigenvalue weighted by atomic mass is 79.9. The zero-order chi connectivity index (χ0) is 14.0. The Labute approximate surface area is 122 Å². The molecule has 0 spiro atoms. The molecule has 3 nitrogen and oxygen atoms in total. The summed E-state index contributed by atoms with van der Waals surface area (Å²) < 4.78 is 6.40. The van der Waals surface area contributed by atoms with Gasteiger partial charge in [-0.3, -0.25) is 0 Å². The number of rotatable bonds is 2. The zero-order valence-corrected chi connectivity index (χ0v) is 13.0. The molecule has 0 amide bonds. The molecule has 0 aromatic heterocycles. The van der Waals surface area contributed by atoms with Crippen LogP contribution in [0.5, 0.6) is 0 Å². The summed E-state index contributed by atoms with van der Waals surface area (Å²) in [5.41, 5.74) is 7.10. The van der Waals surface area contributed by atoms with Crippen LogP contribution in [0.25, 0.3) is 0 Å². The molecule has 1 aromatic rings. The van der Waals surface area contributed by atoms with Gasteiger partial charge in [0.25, 0.3) is 0 Å². The molecular weight excluding hydrogens is 306 g/mol. The van der Waals surface area contributed by atoms with Gasteiger partial charge in [-0.25, -0.2) is 4.79 Å². The fraction of sp³-hybridized carbons (Fsp3) is 0.533. The van der Waals surface area contributed by atoms with E-state index in [2.05, 4.69) is 29.8 Å². The maximum absolute atomic E-state index is 12.1. The van der Waals surface area contributed by atoms with E-state index in [1.165, 1.54) is 0 Å². The van der Waals surface area contributed by atoms with Crippen molar-refractivity contribution in [2.45, 2.75) is 45.6 Å².